The Morgan fingerprint density at radius 1 is 0.591 bits per heavy atom. The van der Waals surface area contributed by atoms with Crippen LogP contribution in [0, 0.1) is 29.5 Å². The van der Waals surface area contributed by atoms with Crippen molar-refractivity contribution in [1.29, 1.82) is 0 Å². The van der Waals surface area contributed by atoms with Gasteiger partial charge in [0.25, 0.3) is 0 Å². The second-order valence-electron chi connectivity index (χ2n) is 4.54. The van der Waals surface area contributed by atoms with Gasteiger partial charge in [-0.25, -0.2) is 4.39 Å². The van der Waals surface area contributed by atoms with Gasteiger partial charge in [0, 0.05) is 11.1 Å². The van der Waals surface area contributed by atoms with Gasteiger partial charge in [-0.2, -0.15) is 0 Å². The quantitative estimate of drug-likeness (QED) is 0.529. The SMILES string of the molecule is Fc1ccc(C#Cc2ccc(C#Cc3ccccc3)s2)cc1. The van der Waals surface area contributed by atoms with Crippen LogP contribution in [0.4, 0.5) is 4.39 Å². The van der Waals surface area contributed by atoms with Crippen LogP contribution in [0.15, 0.2) is 66.7 Å². The predicted octanol–water partition coefficient (Wildman–Crippen LogP) is 4.69. The number of halogens is 1. The number of thiophene rings is 1. The molecule has 0 bridgehead atoms. The van der Waals surface area contributed by atoms with Crippen molar-refractivity contribution in [3.63, 3.8) is 0 Å². The molecule has 22 heavy (non-hydrogen) atoms. The van der Waals surface area contributed by atoms with E-state index in [-0.39, 0.29) is 5.82 Å². The predicted molar refractivity (Wildman–Crippen MR) is 89.1 cm³/mol. The van der Waals surface area contributed by atoms with E-state index in [1.807, 2.05) is 42.5 Å². The molecular weight excluding hydrogens is 291 g/mol. The molecule has 0 aliphatic rings. The molecule has 3 aromatic rings. The highest BCUT2D eigenvalue weighted by atomic mass is 32.1. The van der Waals surface area contributed by atoms with Gasteiger partial charge in [-0.1, -0.05) is 41.9 Å². The van der Waals surface area contributed by atoms with Gasteiger partial charge in [-0.05, 0) is 48.5 Å². The van der Waals surface area contributed by atoms with Gasteiger partial charge in [0.15, 0.2) is 0 Å². The van der Waals surface area contributed by atoms with E-state index in [0.29, 0.717) is 0 Å². The molecule has 0 aliphatic carbocycles. The van der Waals surface area contributed by atoms with E-state index in [0.717, 1.165) is 20.9 Å². The lowest BCUT2D eigenvalue weighted by atomic mass is 10.2. The minimum Gasteiger partial charge on any atom is -0.207 e. The molecule has 104 valence electrons. The van der Waals surface area contributed by atoms with Crippen molar-refractivity contribution in [1.82, 2.24) is 0 Å². The van der Waals surface area contributed by atoms with Gasteiger partial charge in [0.2, 0.25) is 0 Å². The lowest BCUT2D eigenvalue weighted by Gasteiger charge is -1.88. The third-order valence-corrected chi connectivity index (χ3v) is 3.80. The summed E-state index contributed by atoms with van der Waals surface area (Å²) in [6.45, 7) is 0. The summed E-state index contributed by atoms with van der Waals surface area (Å²) in [7, 11) is 0. The molecule has 0 amide bonds. The van der Waals surface area contributed by atoms with Crippen molar-refractivity contribution in [2.75, 3.05) is 0 Å². The summed E-state index contributed by atoms with van der Waals surface area (Å²) in [4.78, 5) is 1.92. The first-order valence-electron chi connectivity index (χ1n) is 6.74. The number of benzene rings is 2. The molecule has 0 N–H and O–H groups in total. The highest BCUT2D eigenvalue weighted by molar-refractivity contribution is 7.13. The van der Waals surface area contributed by atoms with Gasteiger partial charge in [-0.3, -0.25) is 0 Å². The van der Waals surface area contributed by atoms with Gasteiger partial charge in [0.1, 0.15) is 5.82 Å². The molecule has 2 aromatic carbocycles. The van der Waals surface area contributed by atoms with E-state index in [1.54, 1.807) is 23.5 Å². The largest absolute Gasteiger partial charge is 0.207 e. The minimum absolute atomic E-state index is 0.250. The Hall–Kier alpha value is -2.81. The Balaban J connectivity index is 1.75. The van der Waals surface area contributed by atoms with Gasteiger partial charge >= 0.3 is 0 Å². The molecular formula is C20H11FS. The average Bonchev–Trinajstić information content (AvgIpc) is 3.01. The molecule has 0 spiro atoms. The molecule has 1 heterocycles. The summed E-state index contributed by atoms with van der Waals surface area (Å²) in [5.74, 6) is 12.1. The fraction of sp³-hybridized carbons (Fsp3) is 0. The van der Waals surface area contributed by atoms with Gasteiger partial charge in [0.05, 0.1) is 9.75 Å². The maximum Gasteiger partial charge on any atom is 0.123 e. The molecule has 0 saturated carbocycles. The Morgan fingerprint density at radius 2 is 1.14 bits per heavy atom. The van der Waals surface area contributed by atoms with Crippen LogP contribution in [0.25, 0.3) is 0 Å². The Bertz CT molecular complexity index is 882. The Labute approximate surface area is 133 Å². The zero-order valence-corrected chi connectivity index (χ0v) is 12.5. The van der Waals surface area contributed by atoms with E-state index >= 15 is 0 Å². The Kier molecular flexibility index (Phi) is 4.35. The summed E-state index contributed by atoms with van der Waals surface area (Å²) >= 11 is 1.55. The molecule has 0 atom stereocenters. The van der Waals surface area contributed by atoms with Crippen molar-refractivity contribution < 1.29 is 4.39 Å². The molecule has 0 nitrogen and oxygen atoms in total. The van der Waals surface area contributed by atoms with Crippen LogP contribution in [0.3, 0.4) is 0 Å². The van der Waals surface area contributed by atoms with Crippen LogP contribution >= 0.6 is 11.3 Å². The third kappa shape index (κ3) is 3.85. The number of hydrogen-bond donors (Lipinski definition) is 0. The van der Waals surface area contributed by atoms with E-state index in [1.165, 1.54) is 12.1 Å². The van der Waals surface area contributed by atoms with Crippen LogP contribution in [0.1, 0.15) is 20.9 Å². The van der Waals surface area contributed by atoms with Crippen molar-refractivity contribution in [3.05, 3.63) is 93.4 Å². The maximum atomic E-state index is 12.8. The van der Waals surface area contributed by atoms with Crippen LogP contribution < -0.4 is 0 Å². The normalized spacial score (nSPS) is 9.32. The highest BCUT2D eigenvalue weighted by Crippen LogP contribution is 2.14. The van der Waals surface area contributed by atoms with Crippen molar-refractivity contribution in [2.45, 2.75) is 0 Å². The summed E-state index contributed by atoms with van der Waals surface area (Å²) in [5, 5.41) is 0. The zero-order chi connectivity index (χ0) is 15.2. The molecule has 0 unspecified atom stereocenters. The fourth-order valence-corrected chi connectivity index (χ4v) is 2.51. The fourth-order valence-electron chi connectivity index (χ4n) is 1.79. The van der Waals surface area contributed by atoms with Crippen molar-refractivity contribution in [2.24, 2.45) is 0 Å². The first kappa shape index (κ1) is 14.1. The van der Waals surface area contributed by atoms with Crippen molar-refractivity contribution in [3.8, 4) is 23.7 Å². The highest BCUT2D eigenvalue weighted by Gasteiger charge is 1.94. The topological polar surface area (TPSA) is 0 Å². The zero-order valence-electron chi connectivity index (χ0n) is 11.6. The minimum atomic E-state index is -0.250. The molecule has 0 saturated heterocycles. The van der Waals surface area contributed by atoms with Crippen molar-refractivity contribution >= 4 is 11.3 Å². The van der Waals surface area contributed by atoms with Gasteiger partial charge < -0.3 is 0 Å². The summed E-state index contributed by atoms with van der Waals surface area (Å²) in [5.41, 5.74) is 1.79. The molecule has 2 heteroatoms. The number of hydrogen-bond acceptors (Lipinski definition) is 1. The lowest BCUT2D eigenvalue weighted by Crippen LogP contribution is -1.75. The maximum absolute atomic E-state index is 12.8. The second-order valence-corrected chi connectivity index (χ2v) is 5.62. The van der Waals surface area contributed by atoms with E-state index in [9.17, 15) is 4.39 Å². The monoisotopic (exact) mass is 302 g/mol. The summed E-state index contributed by atoms with van der Waals surface area (Å²) in [6, 6.07) is 20.0. The Morgan fingerprint density at radius 3 is 1.73 bits per heavy atom. The van der Waals surface area contributed by atoms with Gasteiger partial charge in [-0.15, -0.1) is 11.3 Å². The summed E-state index contributed by atoms with van der Waals surface area (Å²) < 4.78 is 12.8. The molecule has 3 rings (SSSR count). The van der Waals surface area contributed by atoms with Crippen LogP contribution in [0.2, 0.25) is 0 Å². The number of rotatable bonds is 0. The molecule has 0 fully saturated rings. The molecule has 1 aromatic heterocycles. The standard InChI is InChI=1S/C20H11FS/c21-18-10-6-17(7-11-18)9-13-20-15-14-19(22-20)12-8-16-4-2-1-3-5-16/h1-7,10-11,14-15H. The third-order valence-electron chi connectivity index (χ3n) is 2.88. The van der Waals surface area contributed by atoms with E-state index in [4.69, 9.17) is 0 Å². The smallest absolute Gasteiger partial charge is 0.123 e. The molecule has 0 aliphatic heterocycles. The van der Waals surface area contributed by atoms with Crippen LogP contribution in [0.5, 0.6) is 0 Å². The van der Waals surface area contributed by atoms with Crippen LogP contribution in [-0.4, -0.2) is 0 Å². The molecule has 0 radical (unpaired) electrons. The average molecular weight is 302 g/mol. The lowest BCUT2D eigenvalue weighted by molar-refractivity contribution is 0.627. The first-order valence-corrected chi connectivity index (χ1v) is 7.56. The summed E-state index contributed by atoms with van der Waals surface area (Å²) in [6.07, 6.45) is 0. The van der Waals surface area contributed by atoms with Crippen LogP contribution in [-0.2, 0) is 0 Å². The van der Waals surface area contributed by atoms with E-state index in [2.05, 4.69) is 23.7 Å². The van der Waals surface area contributed by atoms with E-state index < -0.39 is 0 Å². The first-order chi connectivity index (χ1) is 10.8. The second kappa shape index (κ2) is 6.76.